The van der Waals surface area contributed by atoms with Gasteiger partial charge in [-0.15, -0.1) is 23.5 Å². The van der Waals surface area contributed by atoms with Crippen LogP contribution in [0.15, 0.2) is 94.7 Å². The van der Waals surface area contributed by atoms with E-state index in [4.69, 9.17) is 0 Å². The van der Waals surface area contributed by atoms with Gasteiger partial charge in [0.15, 0.2) is 0 Å². The van der Waals surface area contributed by atoms with E-state index < -0.39 is 0 Å². The van der Waals surface area contributed by atoms with Crippen molar-refractivity contribution in [2.24, 2.45) is 0 Å². The lowest BCUT2D eigenvalue weighted by Crippen LogP contribution is -1.98. The van der Waals surface area contributed by atoms with E-state index >= 15 is 0 Å². The highest BCUT2D eigenvalue weighted by Gasteiger charge is 2.18. The Balaban J connectivity index is 1.93. The molecule has 0 amide bonds. The minimum Gasteiger partial charge on any atom is -0.303 e. The Bertz CT molecular complexity index is 731. The number of thioether (sulfide) groups is 2. The van der Waals surface area contributed by atoms with Crippen molar-refractivity contribution in [3.05, 3.63) is 96.1 Å². The quantitative estimate of drug-likeness (QED) is 0.295. The lowest BCUT2D eigenvalue weighted by molar-refractivity contribution is -0.107. The Labute approximate surface area is 151 Å². The van der Waals surface area contributed by atoms with Crippen molar-refractivity contribution < 1.29 is 4.79 Å². The third-order valence-electron chi connectivity index (χ3n) is 3.58. The Morgan fingerprint density at radius 2 is 1.21 bits per heavy atom. The average Bonchev–Trinajstić information content (AvgIpc) is 2.64. The molecule has 0 heterocycles. The molecule has 0 saturated carbocycles. The Hall–Kier alpha value is -1.97. The zero-order valence-corrected chi connectivity index (χ0v) is 14.8. The SMILES string of the molecule is O=CCc1ccccc1C(Sc1ccccc1)Sc1ccccc1. The van der Waals surface area contributed by atoms with Crippen LogP contribution in [0.25, 0.3) is 0 Å². The fraction of sp³-hybridized carbons (Fsp3) is 0.0952. The summed E-state index contributed by atoms with van der Waals surface area (Å²) in [6.07, 6.45) is 1.44. The van der Waals surface area contributed by atoms with Crippen molar-refractivity contribution in [2.75, 3.05) is 0 Å². The van der Waals surface area contributed by atoms with Crippen LogP contribution in [0.3, 0.4) is 0 Å². The standard InChI is InChI=1S/C21H18OS2/c22-16-15-17-9-7-8-14-20(17)21(23-18-10-3-1-4-11-18)24-19-12-5-2-6-13-19/h1-14,16,21H,15H2. The summed E-state index contributed by atoms with van der Waals surface area (Å²) in [6, 6.07) is 29.1. The van der Waals surface area contributed by atoms with Crippen LogP contribution in [0, 0.1) is 0 Å². The molecule has 3 heteroatoms. The maximum atomic E-state index is 11.1. The Morgan fingerprint density at radius 3 is 1.75 bits per heavy atom. The van der Waals surface area contributed by atoms with Crippen LogP contribution in [-0.4, -0.2) is 6.29 Å². The summed E-state index contributed by atoms with van der Waals surface area (Å²) in [6.45, 7) is 0. The maximum Gasteiger partial charge on any atom is 0.124 e. The molecule has 1 nitrogen and oxygen atoms in total. The summed E-state index contributed by atoms with van der Waals surface area (Å²) in [5.41, 5.74) is 2.32. The van der Waals surface area contributed by atoms with Gasteiger partial charge in [-0.25, -0.2) is 0 Å². The first-order chi connectivity index (χ1) is 11.9. The molecule has 0 atom stereocenters. The van der Waals surface area contributed by atoms with Crippen LogP contribution in [0.5, 0.6) is 0 Å². The number of hydrogen-bond donors (Lipinski definition) is 0. The average molecular weight is 351 g/mol. The van der Waals surface area contributed by atoms with Crippen LogP contribution in [0.4, 0.5) is 0 Å². The number of hydrogen-bond acceptors (Lipinski definition) is 3. The molecule has 0 aromatic heterocycles. The largest absolute Gasteiger partial charge is 0.303 e. The van der Waals surface area contributed by atoms with Gasteiger partial charge in [-0.05, 0) is 35.4 Å². The van der Waals surface area contributed by atoms with E-state index in [-0.39, 0.29) is 4.58 Å². The van der Waals surface area contributed by atoms with Crippen molar-refractivity contribution in [3.63, 3.8) is 0 Å². The molecule has 0 fully saturated rings. The molecule has 3 aromatic rings. The Kier molecular flexibility index (Phi) is 6.16. The fourth-order valence-electron chi connectivity index (χ4n) is 2.44. The second kappa shape index (κ2) is 8.76. The number of benzene rings is 3. The molecular weight excluding hydrogens is 332 g/mol. The number of carbonyl (C=O) groups excluding carboxylic acids is 1. The van der Waals surface area contributed by atoms with Gasteiger partial charge in [0.1, 0.15) is 6.29 Å². The van der Waals surface area contributed by atoms with Gasteiger partial charge in [-0.3, -0.25) is 0 Å². The zero-order valence-electron chi connectivity index (χ0n) is 13.2. The molecule has 0 spiro atoms. The molecule has 24 heavy (non-hydrogen) atoms. The van der Waals surface area contributed by atoms with Crippen LogP contribution < -0.4 is 0 Å². The lowest BCUT2D eigenvalue weighted by Gasteiger charge is -2.19. The van der Waals surface area contributed by atoms with E-state index in [0.717, 1.165) is 11.8 Å². The highest BCUT2D eigenvalue weighted by Crippen LogP contribution is 2.47. The highest BCUT2D eigenvalue weighted by molar-refractivity contribution is 8.16. The monoisotopic (exact) mass is 350 g/mol. The van der Waals surface area contributed by atoms with Gasteiger partial charge >= 0.3 is 0 Å². The molecule has 0 bridgehead atoms. The van der Waals surface area contributed by atoms with Crippen molar-refractivity contribution in [1.82, 2.24) is 0 Å². The second-order valence-corrected chi connectivity index (χ2v) is 7.92. The predicted molar refractivity (Wildman–Crippen MR) is 104 cm³/mol. The number of aldehydes is 1. The summed E-state index contributed by atoms with van der Waals surface area (Å²) in [4.78, 5) is 13.5. The van der Waals surface area contributed by atoms with Gasteiger partial charge < -0.3 is 4.79 Å². The molecule has 0 saturated heterocycles. The summed E-state index contributed by atoms with van der Waals surface area (Å²) < 4.78 is 0.200. The van der Waals surface area contributed by atoms with E-state index in [1.54, 1.807) is 0 Å². The summed E-state index contributed by atoms with van der Waals surface area (Å²) in [5.74, 6) is 0. The van der Waals surface area contributed by atoms with E-state index in [2.05, 4.69) is 54.6 Å². The first-order valence-corrected chi connectivity index (χ1v) is 9.57. The van der Waals surface area contributed by atoms with Gasteiger partial charge in [-0.2, -0.15) is 0 Å². The molecule has 0 unspecified atom stereocenters. The normalized spacial score (nSPS) is 10.7. The molecule has 0 aliphatic heterocycles. The number of rotatable bonds is 7. The van der Waals surface area contributed by atoms with Crippen LogP contribution in [-0.2, 0) is 11.2 Å². The Morgan fingerprint density at radius 1 is 0.708 bits per heavy atom. The van der Waals surface area contributed by atoms with Gasteiger partial charge in [0.2, 0.25) is 0 Å². The van der Waals surface area contributed by atoms with Crippen LogP contribution in [0.2, 0.25) is 0 Å². The van der Waals surface area contributed by atoms with Crippen LogP contribution in [0.1, 0.15) is 15.7 Å². The third kappa shape index (κ3) is 4.53. The summed E-state index contributed by atoms with van der Waals surface area (Å²) >= 11 is 3.65. The lowest BCUT2D eigenvalue weighted by atomic mass is 10.1. The molecule has 0 aliphatic carbocycles. The predicted octanol–water partition coefficient (Wildman–Crippen LogP) is 6.01. The molecule has 3 aromatic carbocycles. The van der Waals surface area contributed by atoms with Gasteiger partial charge in [0.25, 0.3) is 0 Å². The molecule has 120 valence electrons. The first kappa shape index (κ1) is 16.9. The third-order valence-corrected chi connectivity index (χ3v) is 6.19. The first-order valence-electron chi connectivity index (χ1n) is 7.81. The minimum absolute atomic E-state index is 0.200. The summed E-state index contributed by atoms with van der Waals surface area (Å²) in [7, 11) is 0. The smallest absolute Gasteiger partial charge is 0.124 e. The second-order valence-electron chi connectivity index (χ2n) is 5.26. The fourth-order valence-corrected chi connectivity index (χ4v) is 5.13. The van der Waals surface area contributed by atoms with Crippen molar-refractivity contribution in [3.8, 4) is 0 Å². The van der Waals surface area contributed by atoms with E-state index in [1.807, 2.05) is 53.9 Å². The molecule has 0 N–H and O–H groups in total. The highest BCUT2D eigenvalue weighted by atomic mass is 32.2. The van der Waals surface area contributed by atoms with Gasteiger partial charge in [-0.1, -0.05) is 60.7 Å². The van der Waals surface area contributed by atoms with E-state index in [0.29, 0.717) is 6.42 Å². The van der Waals surface area contributed by atoms with E-state index in [9.17, 15) is 4.79 Å². The summed E-state index contributed by atoms with van der Waals surface area (Å²) in [5, 5.41) is 0. The molecular formula is C21H18OS2. The van der Waals surface area contributed by atoms with Gasteiger partial charge in [0, 0.05) is 16.2 Å². The minimum atomic E-state index is 0.200. The van der Waals surface area contributed by atoms with E-state index in [1.165, 1.54) is 15.4 Å². The number of carbonyl (C=O) groups is 1. The van der Waals surface area contributed by atoms with Crippen LogP contribution >= 0.6 is 23.5 Å². The van der Waals surface area contributed by atoms with Crippen molar-refractivity contribution >= 4 is 29.8 Å². The molecule has 3 rings (SSSR count). The maximum absolute atomic E-state index is 11.1. The van der Waals surface area contributed by atoms with Crippen molar-refractivity contribution in [2.45, 2.75) is 20.8 Å². The van der Waals surface area contributed by atoms with Gasteiger partial charge in [0.05, 0.1) is 4.58 Å². The molecule has 0 aliphatic rings. The topological polar surface area (TPSA) is 17.1 Å². The molecule has 0 radical (unpaired) electrons. The zero-order chi connectivity index (χ0) is 16.6. The van der Waals surface area contributed by atoms with Crippen molar-refractivity contribution in [1.29, 1.82) is 0 Å².